The summed E-state index contributed by atoms with van der Waals surface area (Å²) in [6.07, 6.45) is 3.12. The number of hydrogen-bond donors (Lipinski definition) is 0. The summed E-state index contributed by atoms with van der Waals surface area (Å²) in [5.74, 6) is 0.904. The summed E-state index contributed by atoms with van der Waals surface area (Å²) in [4.78, 5) is 2.31. The Balaban J connectivity index is 1.67. The molecule has 22 heavy (non-hydrogen) atoms. The molecule has 2 rings (SSSR count). The van der Waals surface area contributed by atoms with Gasteiger partial charge in [0.05, 0.1) is 12.9 Å². The van der Waals surface area contributed by atoms with Crippen molar-refractivity contribution in [2.24, 2.45) is 0 Å². The number of likely N-dealkylation sites (tertiary alicyclic amines) is 1. The van der Waals surface area contributed by atoms with Crippen LogP contribution in [0.4, 0.5) is 0 Å². The lowest BCUT2D eigenvalue weighted by atomic mass is 10.2. The van der Waals surface area contributed by atoms with Crippen LogP contribution in [0.3, 0.4) is 0 Å². The quantitative estimate of drug-likeness (QED) is 0.716. The lowest BCUT2D eigenvalue weighted by Crippen LogP contribution is -2.38. The first-order chi connectivity index (χ1) is 10.4. The molecule has 0 aromatic heterocycles. The van der Waals surface area contributed by atoms with Crippen LogP contribution < -0.4 is 4.74 Å². The third-order valence-corrected chi connectivity index (χ3v) is 5.54. The van der Waals surface area contributed by atoms with Crippen LogP contribution in [-0.4, -0.2) is 63.2 Å². The van der Waals surface area contributed by atoms with E-state index >= 15 is 0 Å². The maximum atomic E-state index is 11.6. The highest BCUT2D eigenvalue weighted by atomic mass is 32.2. The van der Waals surface area contributed by atoms with Crippen LogP contribution in [0.25, 0.3) is 0 Å². The first-order valence-electron chi connectivity index (χ1n) is 7.71. The summed E-state index contributed by atoms with van der Waals surface area (Å²) in [5, 5.41) is 0. The molecular weight excluding hydrogens is 300 g/mol. The number of sulfonamides is 1. The number of ether oxygens (including phenoxy) is 1. The average molecular weight is 326 g/mol. The molecule has 5 nitrogen and oxygen atoms in total. The Labute approximate surface area is 133 Å². The van der Waals surface area contributed by atoms with E-state index in [1.807, 2.05) is 24.3 Å². The van der Waals surface area contributed by atoms with Gasteiger partial charge in [0.15, 0.2) is 0 Å². The molecule has 1 aliphatic rings. The molecule has 1 atom stereocenters. The highest BCUT2D eigenvalue weighted by molar-refractivity contribution is 7.88. The summed E-state index contributed by atoms with van der Waals surface area (Å²) in [6.45, 7) is 5.45. The number of benzene rings is 1. The second-order valence-corrected chi connectivity index (χ2v) is 8.08. The molecule has 0 N–H and O–H groups in total. The van der Waals surface area contributed by atoms with Gasteiger partial charge in [0, 0.05) is 26.2 Å². The van der Waals surface area contributed by atoms with Crippen LogP contribution >= 0.6 is 0 Å². The highest BCUT2D eigenvalue weighted by Gasteiger charge is 2.29. The van der Waals surface area contributed by atoms with E-state index in [1.54, 1.807) is 7.05 Å². The van der Waals surface area contributed by atoms with E-state index in [2.05, 4.69) is 11.8 Å². The van der Waals surface area contributed by atoms with Gasteiger partial charge in [-0.05, 0) is 38.4 Å². The number of nitrogens with zero attached hydrogens (tertiary/aromatic N) is 2. The van der Waals surface area contributed by atoms with Crippen molar-refractivity contribution in [3.8, 4) is 5.75 Å². The second kappa shape index (κ2) is 7.44. The number of aryl methyl sites for hydroxylation is 1. The highest BCUT2D eigenvalue weighted by Crippen LogP contribution is 2.17. The Morgan fingerprint density at radius 3 is 2.64 bits per heavy atom. The molecule has 1 aromatic carbocycles. The van der Waals surface area contributed by atoms with Gasteiger partial charge in [0.1, 0.15) is 5.75 Å². The fraction of sp³-hybridized carbons (Fsp3) is 0.625. The van der Waals surface area contributed by atoms with Crippen molar-refractivity contribution >= 4 is 10.0 Å². The fourth-order valence-corrected chi connectivity index (χ4v) is 3.41. The molecule has 1 aliphatic heterocycles. The lowest BCUT2D eigenvalue weighted by Gasteiger charge is -2.22. The van der Waals surface area contributed by atoms with Gasteiger partial charge in [-0.15, -0.1) is 0 Å². The molecule has 124 valence electrons. The zero-order chi connectivity index (χ0) is 16.2. The predicted octanol–water partition coefficient (Wildman–Crippen LogP) is 1.73. The SMILES string of the molecule is Cc1ccc(OCCCN2CCC(N(C)S(C)(=O)=O)C2)cc1. The number of rotatable bonds is 7. The maximum absolute atomic E-state index is 11.6. The normalized spacial score (nSPS) is 19.7. The molecule has 0 radical (unpaired) electrons. The van der Waals surface area contributed by atoms with Crippen LogP contribution in [0.15, 0.2) is 24.3 Å². The summed E-state index contributed by atoms with van der Waals surface area (Å²) in [7, 11) is -1.42. The van der Waals surface area contributed by atoms with Crippen molar-refractivity contribution in [2.75, 3.05) is 39.5 Å². The first kappa shape index (κ1) is 17.2. The molecule has 1 heterocycles. The van der Waals surface area contributed by atoms with E-state index < -0.39 is 10.0 Å². The Bertz CT molecular complexity index is 572. The summed E-state index contributed by atoms with van der Waals surface area (Å²) < 4.78 is 30.3. The van der Waals surface area contributed by atoms with Crippen LogP contribution in [0.2, 0.25) is 0 Å². The maximum Gasteiger partial charge on any atom is 0.211 e. The van der Waals surface area contributed by atoms with Gasteiger partial charge in [-0.2, -0.15) is 0 Å². The number of hydrogen-bond acceptors (Lipinski definition) is 4. The monoisotopic (exact) mass is 326 g/mol. The van der Waals surface area contributed by atoms with Crippen LogP contribution in [0.5, 0.6) is 5.75 Å². The second-order valence-electron chi connectivity index (χ2n) is 6.04. The third kappa shape index (κ3) is 4.97. The molecule has 0 aliphatic carbocycles. The molecule has 1 unspecified atom stereocenters. The Hall–Kier alpha value is -1.11. The van der Waals surface area contributed by atoms with Gasteiger partial charge < -0.3 is 9.64 Å². The Morgan fingerprint density at radius 2 is 2.00 bits per heavy atom. The van der Waals surface area contributed by atoms with Crippen molar-refractivity contribution in [1.29, 1.82) is 0 Å². The summed E-state index contributed by atoms with van der Waals surface area (Å²) in [6, 6.07) is 8.17. The molecule has 0 saturated carbocycles. The molecule has 1 saturated heterocycles. The minimum Gasteiger partial charge on any atom is -0.494 e. The summed E-state index contributed by atoms with van der Waals surface area (Å²) in [5.41, 5.74) is 1.23. The van der Waals surface area contributed by atoms with Gasteiger partial charge in [0.2, 0.25) is 10.0 Å². The Morgan fingerprint density at radius 1 is 1.32 bits per heavy atom. The molecule has 0 spiro atoms. The Kier molecular flexibility index (Phi) is 5.83. The molecule has 1 aromatic rings. The number of likely N-dealkylation sites (N-methyl/N-ethyl adjacent to an activating group) is 1. The van der Waals surface area contributed by atoms with E-state index in [-0.39, 0.29) is 6.04 Å². The smallest absolute Gasteiger partial charge is 0.211 e. The van der Waals surface area contributed by atoms with Gasteiger partial charge in [-0.3, -0.25) is 0 Å². The van der Waals surface area contributed by atoms with Gasteiger partial charge in [-0.1, -0.05) is 17.7 Å². The van der Waals surface area contributed by atoms with Crippen molar-refractivity contribution in [3.63, 3.8) is 0 Å². The third-order valence-electron chi connectivity index (χ3n) is 4.19. The van der Waals surface area contributed by atoms with Crippen LogP contribution in [-0.2, 0) is 10.0 Å². The zero-order valence-electron chi connectivity index (χ0n) is 13.7. The van der Waals surface area contributed by atoms with Gasteiger partial charge >= 0.3 is 0 Å². The van der Waals surface area contributed by atoms with Crippen LogP contribution in [0.1, 0.15) is 18.4 Å². The average Bonchev–Trinajstić information content (AvgIpc) is 2.92. The fourth-order valence-electron chi connectivity index (χ4n) is 2.70. The largest absolute Gasteiger partial charge is 0.494 e. The zero-order valence-corrected chi connectivity index (χ0v) is 14.5. The van der Waals surface area contributed by atoms with E-state index in [1.165, 1.54) is 16.1 Å². The van der Waals surface area contributed by atoms with Gasteiger partial charge in [-0.25, -0.2) is 12.7 Å². The molecular formula is C16H26N2O3S. The van der Waals surface area contributed by atoms with E-state index in [4.69, 9.17) is 4.74 Å². The van der Waals surface area contributed by atoms with Crippen molar-refractivity contribution in [1.82, 2.24) is 9.21 Å². The summed E-state index contributed by atoms with van der Waals surface area (Å²) >= 11 is 0. The van der Waals surface area contributed by atoms with E-state index in [0.717, 1.165) is 38.2 Å². The first-order valence-corrected chi connectivity index (χ1v) is 9.56. The van der Waals surface area contributed by atoms with Crippen LogP contribution in [0, 0.1) is 6.92 Å². The minimum absolute atomic E-state index is 0.105. The van der Waals surface area contributed by atoms with Crippen molar-refractivity contribution in [2.45, 2.75) is 25.8 Å². The molecule has 1 fully saturated rings. The lowest BCUT2D eigenvalue weighted by molar-refractivity contribution is 0.254. The topological polar surface area (TPSA) is 49.9 Å². The molecule has 0 bridgehead atoms. The minimum atomic E-state index is -3.09. The van der Waals surface area contributed by atoms with Crippen molar-refractivity contribution in [3.05, 3.63) is 29.8 Å². The van der Waals surface area contributed by atoms with E-state index in [9.17, 15) is 8.42 Å². The molecule has 0 amide bonds. The van der Waals surface area contributed by atoms with Crippen molar-refractivity contribution < 1.29 is 13.2 Å². The standard InChI is InChI=1S/C16H26N2O3S/c1-14-5-7-16(8-6-14)21-12-4-10-18-11-9-15(13-18)17(2)22(3,19)20/h5-8,15H,4,9-13H2,1-3H3. The van der Waals surface area contributed by atoms with E-state index in [0.29, 0.717) is 6.61 Å². The van der Waals surface area contributed by atoms with Gasteiger partial charge in [0.25, 0.3) is 0 Å². The predicted molar refractivity (Wildman–Crippen MR) is 88.7 cm³/mol. The molecule has 6 heteroatoms.